The summed E-state index contributed by atoms with van der Waals surface area (Å²) in [6.07, 6.45) is 3.62. The lowest BCUT2D eigenvalue weighted by atomic mass is 9.85. The molecule has 0 spiro atoms. The van der Waals surface area contributed by atoms with Crippen LogP contribution in [0, 0.1) is 19.8 Å². The number of thiazole rings is 1. The second kappa shape index (κ2) is 6.01. The van der Waals surface area contributed by atoms with Gasteiger partial charge in [-0.3, -0.25) is 4.79 Å². The first-order valence-corrected chi connectivity index (χ1v) is 7.71. The normalized spacial score (nSPS) is 25.2. The van der Waals surface area contributed by atoms with Gasteiger partial charge in [-0.2, -0.15) is 0 Å². The van der Waals surface area contributed by atoms with Crippen molar-refractivity contribution in [3.63, 3.8) is 0 Å². The molecule has 1 aromatic rings. The Morgan fingerprint density at radius 1 is 1.47 bits per heavy atom. The highest BCUT2D eigenvalue weighted by Crippen LogP contribution is 2.28. The van der Waals surface area contributed by atoms with Crippen LogP contribution in [0.15, 0.2) is 0 Å². The summed E-state index contributed by atoms with van der Waals surface area (Å²) >= 11 is 1.72. The molecule has 0 radical (unpaired) electrons. The third-order valence-electron chi connectivity index (χ3n) is 3.86. The Kier molecular flexibility index (Phi) is 4.58. The molecule has 5 heteroatoms. The number of carboxylic acids is 1. The van der Waals surface area contributed by atoms with E-state index in [9.17, 15) is 4.79 Å². The van der Waals surface area contributed by atoms with Gasteiger partial charge in [0.2, 0.25) is 0 Å². The highest BCUT2D eigenvalue weighted by Gasteiger charge is 2.28. The maximum atomic E-state index is 11.1. The molecule has 3 atom stereocenters. The van der Waals surface area contributed by atoms with Gasteiger partial charge in [0, 0.05) is 17.0 Å². The van der Waals surface area contributed by atoms with Gasteiger partial charge in [0.15, 0.2) is 0 Å². The average molecular weight is 282 g/mol. The third kappa shape index (κ3) is 3.54. The summed E-state index contributed by atoms with van der Waals surface area (Å²) in [5.41, 5.74) is 1.11. The van der Waals surface area contributed by atoms with Crippen molar-refractivity contribution in [3.05, 3.63) is 15.6 Å². The summed E-state index contributed by atoms with van der Waals surface area (Å²) < 4.78 is 0. The molecular weight excluding hydrogens is 260 g/mol. The molecular formula is C14H22N2O2S. The maximum Gasteiger partial charge on any atom is 0.306 e. The van der Waals surface area contributed by atoms with Gasteiger partial charge in [0.05, 0.1) is 16.6 Å². The van der Waals surface area contributed by atoms with Crippen molar-refractivity contribution < 1.29 is 9.90 Å². The van der Waals surface area contributed by atoms with Crippen LogP contribution in [0.5, 0.6) is 0 Å². The zero-order valence-electron chi connectivity index (χ0n) is 11.8. The molecule has 1 saturated carbocycles. The van der Waals surface area contributed by atoms with Crippen LogP contribution in [0.25, 0.3) is 0 Å². The Bertz CT molecular complexity index is 458. The van der Waals surface area contributed by atoms with Crippen molar-refractivity contribution in [1.29, 1.82) is 0 Å². The molecule has 0 aromatic carbocycles. The van der Waals surface area contributed by atoms with E-state index in [4.69, 9.17) is 5.11 Å². The zero-order valence-corrected chi connectivity index (χ0v) is 12.6. The van der Waals surface area contributed by atoms with E-state index in [0.717, 1.165) is 36.4 Å². The lowest BCUT2D eigenvalue weighted by Crippen LogP contribution is -2.38. The smallest absolute Gasteiger partial charge is 0.306 e. The second-order valence-electron chi connectivity index (χ2n) is 5.46. The number of hydrogen-bond donors (Lipinski definition) is 2. The van der Waals surface area contributed by atoms with Gasteiger partial charge < -0.3 is 10.4 Å². The van der Waals surface area contributed by atoms with Gasteiger partial charge >= 0.3 is 5.97 Å². The van der Waals surface area contributed by atoms with E-state index in [2.05, 4.69) is 24.1 Å². The first-order valence-electron chi connectivity index (χ1n) is 6.90. The third-order valence-corrected chi connectivity index (χ3v) is 4.76. The highest BCUT2D eigenvalue weighted by atomic mass is 32.1. The lowest BCUT2D eigenvalue weighted by molar-refractivity contribution is -0.143. The van der Waals surface area contributed by atoms with Crippen LogP contribution in [-0.4, -0.2) is 22.1 Å². The van der Waals surface area contributed by atoms with Gasteiger partial charge in [-0.25, -0.2) is 4.98 Å². The topological polar surface area (TPSA) is 62.2 Å². The maximum absolute atomic E-state index is 11.1. The minimum Gasteiger partial charge on any atom is -0.481 e. The fourth-order valence-corrected chi connectivity index (χ4v) is 3.86. The first kappa shape index (κ1) is 14.5. The number of aliphatic carboxylic acids is 1. The monoisotopic (exact) mass is 282 g/mol. The molecule has 1 aromatic heterocycles. The van der Waals surface area contributed by atoms with Crippen LogP contribution in [0.1, 0.15) is 54.2 Å². The van der Waals surface area contributed by atoms with Gasteiger partial charge in [-0.1, -0.05) is 6.42 Å². The number of aromatic nitrogens is 1. The molecule has 0 amide bonds. The van der Waals surface area contributed by atoms with Gasteiger partial charge in [0.1, 0.15) is 0 Å². The average Bonchev–Trinajstić information content (AvgIpc) is 2.69. The Morgan fingerprint density at radius 2 is 2.21 bits per heavy atom. The largest absolute Gasteiger partial charge is 0.481 e. The van der Waals surface area contributed by atoms with Crippen molar-refractivity contribution in [3.8, 4) is 0 Å². The van der Waals surface area contributed by atoms with E-state index in [1.54, 1.807) is 11.3 Å². The molecule has 1 fully saturated rings. The summed E-state index contributed by atoms with van der Waals surface area (Å²) in [5.74, 6) is -0.837. The summed E-state index contributed by atoms with van der Waals surface area (Å²) in [7, 11) is 0. The molecule has 1 aliphatic carbocycles. The number of carbonyl (C=O) groups is 1. The molecule has 19 heavy (non-hydrogen) atoms. The first-order chi connectivity index (χ1) is 8.97. The molecule has 106 valence electrons. The zero-order chi connectivity index (χ0) is 14.0. The number of nitrogens with one attached hydrogen (secondary N) is 1. The minimum absolute atomic E-state index is 0.184. The van der Waals surface area contributed by atoms with Crippen LogP contribution in [-0.2, 0) is 4.79 Å². The van der Waals surface area contributed by atoms with E-state index in [1.165, 1.54) is 4.88 Å². The number of rotatable bonds is 4. The lowest BCUT2D eigenvalue weighted by Gasteiger charge is -2.29. The number of nitrogens with zero attached hydrogens (tertiary/aromatic N) is 1. The Labute approximate surface area is 118 Å². The molecule has 0 bridgehead atoms. The Balaban J connectivity index is 1.97. The molecule has 2 N–H and O–H groups in total. The standard InChI is InChI=1S/C14H22N2O2S/c1-8(13-9(2)19-10(3)16-13)15-12-6-4-5-11(7-12)14(17)18/h8,11-12,15H,4-7H2,1-3H3,(H,17,18). The van der Waals surface area contributed by atoms with E-state index in [-0.39, 0.29) is 12.0 Å². The predicted octanol–water partition coefficient (Wildman–Crippen LogP) is 3.05. The molecule has 4 nitrogen and oxygen atoms in total. The number of hydrogen-bond acceptors (Lipinski definition) is 4. The van der Waals surface area contributed by atoms with Crippen LogP contribution < -0.4 is 5.32 Å². The van der Waals surface area contributed by atoms with Crippen LogP contribution in [0.3, 0.4) is 0 Å². The van der Waals surface area contributed by atoms with E-state index >= 15 is 0 Å². The fraction of sp³-hybridized carbons (Fsp3) is 0.714. The number of aryl methyl sites for hydroxylation is 2. The second-order valence-corrected chi connectivity index (χ2v) is 6.87. The van der Waals surface area contributed by atoms with Crippen molar-refractivity contribution in [2.75, 3.05) is 0 Å². The minimum atomic E-state index is -0.653. The Morgan fingerprint density at radius 3 is 2.79 bits per heavy atom. The van der Waals surface area contributed by atoms with Crippen molar-refractivity contribution in [2.24, 2.45) is 5.92 Å². The molecule has 0 aliphatic heterocycles. The molecule has 1 aliphatic rings. The van der Waals surface area contributed by atoms with Gasteiger partial charge in [0.25, 0.3) is 0 Å². The van der Waals surface area contributed by atoms with Crippen LogP contribution >= 0.6 is 11.3 Å². The van der Waals surface area contributed by atoms with Crippen LogP contribution in [0.4, 0.5) is 0 Å². The SMILES string of the molecule is Cc1nc(C(C)NC2CCCC(C(=O)O)C2)c(C)s1. The summed E-state index contributed by atoms with van der Waals surface area (Å²) in [4.78, 5) is 16.9. The summed E-state index contributed by atoms with van der Waals surface area (Å²) in [6.45, 7) is 6.24. The summed E-state index contributed by atoms with van der Waals surface area (Å²) in [6, 6.07) is 0.494. The molecule has 0 saturated heterocycles. The van der Waals surface area contributed by atoms with Crippen LogP contribution in [0.2, 0.25) is 0 Å². The number of carboxylic acid groups (broad SMARTS) is 1. The fourth-order valence-electron chi connectivity index (χ4n) is 2.94. The van der Waals surface area contributed by atoms with Crippen molar-refractivity contribution >= 4 is 17.3 Å². The van der Waals surface area contributed by atoms with Crippen molar-refractivity contribution in [2.45, 2.75) is 58.5 Å². The van der Waals surface area contributed by atoms with E-state index in [1.807, 2.05) is 6.92 Å². The molecule has 3 unspecified atom stereocenters. The van der Waals surface area contributed by atoms with Gasteiger partial charge in [-0.05, 0) is 40.0 Å². The van der Waals surface area contributed by atoms with E-state index in [0.29, 0.717) is 6.04 Å². The molecule has 1 heterocycles. The van der Waals surface area contributed by atoms with E-state index < -0.39 is 5.97 Å². The van der Waals surface area contributed by atoms with Crippen molar-refractivity contribution in [1.82, 2.24) is 10.3 Å². The summed E-state index contributed by atoms with van der Waals surface area (Å²) in [5, 5.41) is 13.8. The Hall–Kier alpha value is -0.940. The highest BCUT2D eigenvalue weighted by molar-refractivity contribution is 7.11. The predicted molar refractivity (Wildman–Crippen MR) is 76.5 cm³/mol. The molecule has 2 rings (SSSR count). The quantitative estimate of drug-likeness (QED) is 0.891. The van der Waals surface area contributed by atoms with Gasteiger partial charge in [-0.15, -0.1) is 11.3 Å².